The lowest BCUT2D eigenvalue weighted by molar-refractivity contribution is -0.141. The van der Waals surface area contributed by atoms with Gasteiger partial charge in [0, 0.05) is 13.1 Å². The molecule has 0 fully saturated rings. The fraction of sp³-hybridized carbons (Fsp3) is 0.778. The molecule has 0 spiro atoms. The Hall–Kier alpha value is -1.26. The molecule has 0 heterocycles. The second kappa shape index (κ2) is 5.47. The predicted molar refractivity (Wildman–Crippen MR) is 53.1 cm³/mol. The van der Waals surface area contributed by atoms with Crippen molar-refractivity contribution in [3.05, 3.63) is 0 Å². The molecule has 0 saturated heterocycles. The van der Waals surface area contributed by atoms with Crippen molar-refractivity contribution in [2.45, 2.75) is 39.3 Å². The monoisotopic (exact) mass is 202 g/mol. The van der Waals surface area contributed by atoms with E-state index < -0.39 is 12.0 Å². The van der Waals surface area contributed by atoms with Crippen molar-refractivity contribution in [2.75, 3.05) is 7.05 Å². The van der Waals surface area contributed by atoms with Gasteiger partial charge >= 0.3 is 12.0 Å². The number of carboxylic acid groups (broad SMARTS) is 1. The third-order valence-corrected chi connectivity index (χ3v) is 2.24. The highest BCUT2D eigenvalue weighted by Crippen LogP contribution is 1.98. The van der Waals surface area contributed by atoms with Crippen LogP contribution in [-0.4, -0.2) is 41.1 Å². The van der Waals surface area contributed by atoms with E-state index in [-0.39, 0.29) is 12.1 Å². The van der Waals surface area contributed by atoms with Crippen LogP contribution in [0.4, 0.5) is 4.79 Å². The summed E-state index contributed by atoms with van der Waals surface area (Å²) in [5.74, 6) is -1.01. The van der Waals surface area contributed by atoms with Gasteiger partial charge in [0.2, 0.25) is 0 Å². The Morgan fingerprint density at radius 3 is 2.29 bits per heavy atom. The van der Waals surface area contributed by atoms with Crippen LogP contribution in [0.3, 0.4) is 0 Å². The molecule has 2 atom stereocenters. The van der Waals surface area contributed by atoms with E-state index in [1.807, 2.05) is 13.8 Å². The Bertz CT molecular complexity index is 218. The molecule has 14 heavy (non-hydrogen) atoms. The molecule has 2 N–H and O–H groups in total. The minimum absolute atomic E-state index is 0.0611. The zero-order valence-corrected chi connectivity index (χ0v) is 9.07. The van der Waals surface area contributed by atoms with E-state index in [1.165, 1.54) is 18.9 Å². The van der Waals surface area contributed by atoms with Crippen LogP contribution in [0.2, 0.25) is 0 Å². The minimum Gasteiger partial charge on any atom is -0.480 e. The topological polar surface area (TPSA) is 69.6 Å². The molecule has 2 unspecified atom stereocenters. The number of carbonyl (C=O) groups is 2. The molecular weight excluding hydrogens is 184 g/mol. The smallest absolute Gasteiger partial charge is 0.326 e. The molecule has 2 amide bonds. The molecule has 82 valence electrons. The number of urea groups is 1. The van der Waals surface area contributed by atoms with E-state index in [2.05, 4.69) is 5.32 Å². The van der Waals surface area contributed by atoms with Crippen LogP contribution >= 0.6 is 0 Å². The number of hydrogen-bond donors (Lipinski definition) is 2. The number of nitrogens with zero attached hydrogens (tertiary/aromatic N) is 1. The molecule has 0 bridgehead atoms. The molecule has 0 aromatic rings. The molecule has 0 saturated carbocycles. The number of nitrogens with one attached hydrogen (secondary N) is 1. The third-order valence-electron chi connectivity index (χ3n) is 2.24. The van der Waals surface area contributed by atoms with Crippen LogP contribution in [0.25, 0.3) is 0 Å². The third kappa shape index (κ3) is 3.64. The Kier molecular flexibility index (Phi) is 4.97. The SMILES string of the molecule is CCC(C)NC(=O)N(C)C(C)C(=O)O. The highest BCUT2D eigenvalue weighted by atomic mass is 16.4. The van der Waals surface area contributed by atoms with Gasteiger partial charge in [-0.1, -0.05) is 6.92 Å². The van der Waals surface area contributed by atoms with Gasteiger partial charge in [0.25, 0.3) is 0 Å². The first-order valence-electron chi connectivity index (χ1n) is 4.66. The first-order valence-corrected chi connectivity index (χ1v) is 4.66. The van der Waals surface area contributed by atoms with Crippen molar-refractivity contribution in [1.82, 2.24) is 10.2 Å². The number of carboxylic acids is 1. The molecule has 5 nitrogen and oxygen atoms in total. The molecule has 0 aliphatic rings. The minimum atomic E-state index is -1.01. The van der Waals surface area contributed by atoms with Gasteiger partial charge in [-0.2, -0.15) is 0 Å². The second-order valence-electron chi connectivity index (χ2n) is 3.38. The normalized spacial score (nSPS) is 14.3. The largest absolute Gasteiger partial charge is 0.480 e. The molecule has 0 aliphatic carbocycles. The quantitative estimate of drug-likeness (QED) is 0.711. The average Bonchev–Trinajstić information content (AvgIpc) is 2.14. The van der Waals surface area contributed by atoms with E-state index in [9.17, 15) is 9.59 Å². The average molecular weight is 202 g/mol. The number of likely N-dealkylation sites (N-methyl/N-ethyl adjacent to an activating group) is 1. The molecule has 0 aromatic carbocycles. The van der Waals surface area contributed by atoms with E-state index in [0.29, 0.717) is 0 Å². The first-order chi connectivity index (χ1) is 6.40. The van der Waals surface area contributed by atoms with Crippen molar-refractivity contribution >= 4 is 12.0 Å². The fourth-order valence-corrected chi connectivity index (χ4v) is 0.756. The molecule has 0 aliphatic heterocycles. The number of rotatable bonds is 4. The van der Waals surface area contributed by atoms with Crippen LogP contribution in [0.15, 0.2) is 0 Å². The maximum atomic E-state index is 11.4. The highest BCUT2D eigenvalue weighted by molar-refractivity contribution is 5.82. The van der Waals surface area contributed by atoms with Gasteiger partial charge < -0.3 is 15.3 Å². The van der Waals surface area contributed by atoms with Crippen molar-refractivity contribution in [2.24, 2.45) is 0 Å². The summed E-state index contributed by atoms with van der Waals surface area (Å²) in [6, 6.07) is -1.10. The van der Waals surface area contributed by atoms with Crippen molar-refractivity contribution in [3.8, 4) is 0 Å². The number of carbonyl (C=O) groups excluding carboxylic acids is 1. The fourth-order valence-electron chi connectivity index (χ4n) is 0.756. The maximum absolute atomic E-state index is 11.4. The van der Waals surface area contributed by atoms with Gasteiger partial charge in [0.1, 0.15) is 6.04 Å². The van der Waals surface area contributed by atoms with Gasteiger partial charge in [-0.25, -0.2) is 9.59 Å². The Labute approximate surface area is 84.1 Å². The van der Waals surface area contributed by atoms with E-state index >= 15 is 0 Å². The Morgan fingerprint density at radius 1 is 1.43 bits per heavy atom. The predicted octanol–water partition coefficient (Wildman–Crippen LogP) is 0.899. The number of aliphatic carboxylic acids is 1. The molecule has 0 radical (unpaired) electrons. The van der Waals surface area contributed by atoms with Gasteiger partial charge in [-0.3, -0.25) is 0 Å². The van der Waals surface area contributed by atoms with Crippen molar-refractivity contribution in [3.63, 3.8) is 0 Å². The summed E-state index contributed by atoms with van der Waals surface area (Å²) in [5.41, 5.74) is 0. The lowest BCUT2D eigenvalue weighted by Gasteiger charge is -2.23. The molecular formula is C9H18N2O3. The molecule has 0 aromatic heterocycles. The standard InChI is InChI=1S/C9H18N2O3/c1-5-6(2)10-9(14)11(4)7(3)8(12)13/h6-7H,5H2,1-4H3,(H,10,14)(H,12,13). The summed E-state index contributed by atoms with van der Waals surface area (Å²) < 4.78 is 0. The second-order valence-corrected chi connectivity index (χ2v) is 3.38. The van der Waals surface area contributed by atoms with Crippen LogP contribution in [0, 0.1) is 0 Å². The zero-order valence-electron chi connectivity index (χ0n) is 9.07. The lowest BCUT2D eigenvalue weighted by Crippen LogP contribution is -2.48. The summed E-state index contributed by atoms with van der Waals surface area (Å²) in [5, 5.41) is 11.4. The van der Waals surface area contributed by atoms with Crippen molar-refractivity contribution < 1.29 is 14.7 Å². The summed E-state index contributed by atoms with van der Waals surface area (Å²) in [6.45, 7) is 5.29. The van der Waals surface area contributed by atoms with Gasteiger partial charge in [0.05, 0.1) is 0 Å². The van der Waals surface area contributed by atoms with E-state index in [4.69, 9.17) is 5.11 Å². The first kappa shape index (κ1) is 12.7. The van der Waals surface area contributed by atoms with Gasteiger partial charge in [-0.15, -0.1) is 0 Å². The van der Waals surface area contributed by atoms with Gasteiger partial charge in [-0.05, 0) is 20.3 Å². The summed E-state index contributed by atoms with van der Waals surface area (Å²) in [7, 11) is 1.47. The van der Waals surface area contributed by atoms with Crippen LogP contribution in [-0.2, 0) is 4.79 Å². The van der Waals surface area contributed by atoms with Crippen LogP contribution in [0.5, 0.6) is 0 Å². The van der Waals surface area contributed by atoms with Crippen molar-refractivity contribution in [1.29, 1.82) is 0 Å². The highest BCUT2D eigenvalue weighted by Gasteiger charge is 2.21. The zero-order chi connectivity index (χ0) is 11.3. The van der Waals surface area contributed by atoms with E-state index in [1.54, 1.807) is 0 Å². The number of hydrogen-bond acceptors (Lipinski definition) is 2. The number of amides is 2. The van der Waals surface area contributed by atoms with Gasteiger partial charge in [0.15, 0.2) is 0 Å². The Balaban J connectivity index is 4.18. The van der Waals surface area contributed by atoms with Crippen LogP contribution < -0.4 is 5.32 Å². The molecule has 0 rings (SSSR count). The maximum Gasteiger partial charge on any atom is 0.326 e. The summed E-state index contributed by atoms with van der Waals surface area (Å²) in [4.78, 5) is 23.2. The summed E-state index contributed by atoms with van der Waals surface area (Å²) >= 11 is 0. The van der Waals surface area contributed by atoms with E-state index in [0.717, 1.165) is 6.42 Å². The summed E-state index contributed by atoms with van der Waals surface area (Å²) in [6.07, 6.45) is 0.820. The Morgan fingerprint density at radius 2 is 1.93 bits per heavy atom. The molecule has 5 heteroatoms. The lowest BCUT2D eigenvalue weighted by atomic mass is 10.2. The van der Waals surface area contributed by atoms with Crippen LogP contribution in [0.1, 0.15) is 27.2 Å².